The summed E-state index contributed by atoms with van der Waals surface area (Å²) in [5, 5.41) is 3.09. The van der Waals surface area contributed by atoms with Gasteiger partial charge in [0.2, 0.25) is 0 Å². The molecule has 2 aliphatic rings. The van der Waals surface area contributed by atoms with Gasteiger partial charge in [0.15, 0.2) is 0 Å². The zero-order valence-corrected chi connectivity index (χ0v) is 14.9. The van der Waals surface area contributed by atoms with Crippen LogP contribution in [0.15, 0.2) is 34.9 Å². The van der Waals surface area contributed by atoms with Gasteiger partial charge in [-0.25, -0.2) is 0 Å². The molecule has 2 aromatic rings. The Balaban J connectivity index is 1.73. The van der Waals surface area contributed by atoms with Crippen molar-refractivity contribution < 1.29 is 9.53 Å². The maximum atomic E-state index is 12.6. The van der Waals surface area contributed by atoms with Gasteiger partial charge in [-0.2, -0.15) is 0 Å². The number of hydrogen-bond donors (Lipinski definition) is 2. The van der Waals surface area contributed by atoms with Gasteiger partial charge in [0.1, 0.15) is 5.69 Å². The third-order valence-corrected chi connectivity index (χ3v) is 5.00. The summed E-state index contributed by atoms with van der Waals surface area (Å²) >= 11 is 3.48. The summed E-state index contributed by atoms with van der Waals surface area (Å²) in [6.07, 6.45) is 4.10. The molecule has 0 unspecified atom stereocenters. The highest BCUT2D eigenvalue weighted by atomic mass is 79.9. The van der Waals surface area contributed by atoms with Crippen LogP contribution in [0.3, 0.4) is 0 Å². The van der Waals surface area contributed by atoms with Crippen LogP contribution in [0, 0.1) is 0 Å². The second-order valence-electron chi connectivity index (χ2n) is 6.28. The van der Waals surface area contributed by atoms with Crippen LogP contribution in [-0.2, 0) is 4.74 Å². The molecule has 1 saturated heterocycles. The topological polar surface area (TPSA) is 57.4 Å². The first-order valence-electron chi connectivity index (χ1n) is 8.33. The van der Waals surface area contributed by atoms with E-state index in [0.717, 1.165) is 47.2 Å². The Labute approximate surface area is 149 Å². The number of halogens is 1. The van der Waals surface area contributed by atoms with E-state index in [0.29, 0.717) is 24.9 Å². The average Bonchev–Trinajstić information content (AvgIpc) is 3.31. The number of H-pyrrole nitrogens is 1. The summed E-state index contributed by atoms with van der Waals surface area (Å²) in [6, 6.07) is 8.53. The van der Waals surface area contributed by atoms with Crippen molar-refractivity contribution in [1.29, 1.82) is 0 Å². The zero-order valence-electron chi connectivity index (χ0n) is 13.3. The Morgan fingerprint density at radius 1 is 1.21 bits per heavy atom. The number of aromatic amines is 1. The van der Waals surface area contributed by atoms with E-state index in [1.807, 2.05) is 18.3 Å². The summed E-state index contributed by atoms with van der Waals surface area (Å²) in [6.45, 7) is 2.97. The van der Waals surface area contributed by atoms with Crippen molar-refractivity contribution in [3.63, 3.8) is 0 Å². The Bertz CT molecular complexity index is 731. The van der Waals surface area contributed by atoms with Crippen molar-refractivity contribution in [2.75, 3.05) is 31.2 Å². The molecular weight excluding hydrogens is 370 g/mol. The van der Waals surface area contributed by atoms with E-state index in [9.17, 15) is 4.79 Å². The molecule has 126 valence electrons. The molecule has 2 fully saturated rings. The van der Waals surface area contributed by atoms with Gasteiger partial charge in [-0.3, -0.25) is 4.79 Å². The van der Waals surface area contributed by atoms with Gasteiger partial charge in [0.25, 0.3) is 5.91 Å². The molecule has 6 heteroatoms. The van der Waals surface area contributed by atoms with Gasteiger partial charge < -0.3 is 19.9 Å². The lowest BCUT2D eigenvalue weighted by Crippen LogP contribution is -2.38. The number of carbonyl (C=O) groups is 1. The smallest absolute Gasteiger partial charge is 0.270 e. The van der Waals surface area contributed by atoms with Gasteiger partial charge in [-0.1, -0.05) is 28.1 Å². The van der Waals surface area contributed by atoms with Gasteiger partial charge in [0.05, 0.1) is 18.9 Å². The number of morpholine rings is 1. The molecule has 1 amide bonds. The SMILES string of the molecule is O=C(NC1CC1)c1[nH]cc(-c2ccc(Br)cc2)c1N1CCOCC1. The monoisotopic (exact) mass is 389 g/mol. The van der Waals surface area contributed by atoms with Gasteiger partial charge in [0, 0.05) is 35.4 Å². The Kier molecular flexibility index (Phi) is 4.33. The number of ether oxygens (including phenoxy) is 1. The highest BCUT2D eigenvalue weighted by Gasteiger charge is 2.29. The fourth-order valence-electron chi connectivity index (χ4n) is 3.04. The van der Waals surface area contributed by atoms with Crippen molar-refractivity contribution in [2.45, 2.75) is 18.9 Å². The van der Waals surface area contributed by atoms with Crippen molar-refractivity contribution in [1.82, 2.24) is 10.3 Å². The van der Waals surface area contributed by atoms with Gasteiger partial charge in [-0.15, -0.1) is 0 Å². The van der Waals surface area contributed by atoms with E-state index in [-0.39, 0.29) is 5.91 Å². The van der Waals surface area contributed by atoms with Crippen molar-refractivity contribution in [2.24, 2.45) is 0 Å². The summed E-state index contributed by atoms with van der Waals surface area (Å²) < 4.78 is 6.52. The van der Waals surface area contributed by atoms with Crippen molar-refractivity contribution in [3.8, 4) is 11.1 Å². The lowest BCUT2D eigenvalue weighted by molar-refractivity contribution is 0.0945. The highest BCUT2D eigenvalue weighted by Crippen LogP contribution is 2.35. The molecule has 4 rings (SSSR count). The van der Waals surface area contributed by atoms with Crippen LogP contribution < -0.4 is 10.2 Å². The van der Waals surface area contributed by atoms with Gasteiger partial charge in [-0.05, 0) is 30.5 Å². The van der Waals surface area contributed by atoms with E-state index >= 15 is 0 Å². The normalized spacial score (nSPS) is 17.8. The van der Waals surface area contributed by atoms with Crippen LogP contribution in [0.5, 0.6) is 0 Å². The number of benzene rings is 1. The predicted octanol–water partition coefficient (Wildman–Crippen LogP) is 3.17. The summed E-state index contributed by atoms with van der Waals surface area (Å²) in [5.41, 5.74) is 3.80. The lowest BCUT2D eigenvalue weighted by Gasteiger charge is -2.30. The number of nitrogens with one attached hydrogen (secondary N) is 2. The molecule has 0 atom stereocenters. The number of aromatic nitrogens is 1. The van der Waals surface area contributed by atoms with Crippen LogP contribution in [0.1, 0.15) is 23.3 Å². The molecule has 1 aromatic carbocycles. The van der Waals surface area contributed by atoms with Crippen LogP contribution >= 0.6 is 15.9 Å². The second-order valence-corrected chi connectivity index (χ2v) is 7.20. The first-order valence-corrected chi connectivity index (χ1v) is 9.12. The number of nitrogens with zero attached hydrogens (tertiary/aromatic N) is 1. The standard InChI is InChI=1S/C18H20BrN3O2/c19-13-3-1-12(2-4-13)15-11-20-16(18(23)21-14-5-6-14)17(15)22-7-9-24-10-8-22/h1-4,11,14,20H,5-10H2,(H,21,23). The van der Waals surface area contributed by atoms with E-state index in [1.54, 1.807) is 0 Å². The summed E-state index contributed by atoms with van der Waals surface area (Å²) in [7, 11) is 0. The Morgan fingerprint density at radius 2 is 1.92 bits per heavy atom. The minimum atomic E-state index is -0.0117. The van der Waals surface area contributed by atoms with Gasteiger partial charge >= 0.3 is 0 Å². The number of rotatable bonds is 4. The average molecular weight is 390 g/mol. The fraction of sp³-hybridized carbons (Fsp3) is 0.389. The largest absolute Gasteiger partial charge is 0.378 e. The van der Waals surface area contributed by atoms with Crippen LogP contribution in [-0.4, -0.2) is 43.2 Å². The van der Waals surface area contributed by atoms with Crippen LogP contribution in [0.4, 0.5) is 5.69 Å². The molecule has 2 N–H and O–H groups in total. The molecule has 0 radical (unpaired) electrons. The molecule has 24 heavy (non-hydrogen) atoms. The molecular formula is C18H20BrN3O2. The lowest BCUT2D eigenvalue weighted by atomic mass is 10.1. The molecule has 1 aliphatic heterocycles. The van der Waals surface area contributed by atoms with E-state index in [1.165, 1.54) is 0 Å². The Morgan fingerprint density at radius 3 is 2.58 bits per heavy atom. The maximum absolute atomic E-state index is 12.6. The molecule has 5 nitrogen and oxygen atoms in total. The van der Waals surface area contributed by atoms with Crippen LogP contribution in [0.25, 0.3) is 11.1 Å². The zero-order chi connectivity index (χ0) is 16.5. The Hall–Kier alpha value is -1.79. The molecule has 2 heterocycles. The maximum Gasteiger partial charge on any atom is 0.270 e. The minimum absolute atomic E-state index is 0.0117. The molecule has 0 bridgehead atoms. The molecule has 0 spiro atoms. The number of hydrogen-bond acceptors (Lipinski definition) is 3. The summed E-state index contributed by atoms with van der Waals surface area (Å²) in [5.74, 6) is -0.0117. The fourth-order valence-corrected chi connectivity index (χ4v) is 3.30. The minimum Gasteiger partial charge on any atom is -0.378 e. The number of carbonyl (C=O) groups excluding carboxylic acids is 1. The van der Waals surface area contributed by atoms with Crippen molar-refractivity contribution in [3.05, 3.63) is 40.6 Å². The first-order chi connectivity index (χ1) is 11.7. The number of anilines is 1. The predicted molar refractivity (Wildman–Crippen MR) is 97.4 cm³/mol. The highest BCUT2D eigenvalue weighted by molar-refractivity contribution is 9.10. The third-order valence-electron chi connectivity index (χ3n) is 4.47. The van der Waals surface area contributed by atoms with E-state index in [4.69, 9.17) is 4.74 Å². The van der Waals surface area contributed by atoms with E-state index in [2.05, 4.69) is 43.3 Å². The molecule has 1 aliphatic carbocycles. The molecule has 1 saturated carbocycles. The third kappa shape index (κ3) is 3.21. The number of amides is 1. The van der Waals surface area contributed by atoms with Crippen molar-refractivity contribution >= 4 is 27.5 Å². The van der Waals surface area contributed by atoms with E-state index < -0.39 is 0 Å². The van der Waals surface area contributed by atoms with Crippen LogP contribution in [0.2, 0.25) is 0 Å². The quantitative estimate of drug-likeness (QED) is 0.843. The molecule has 1 aromatic heterocycles. The first kappa shape index (κ1) is 15.7. The second kappa shape index (κ2) is 6.61. The summed E-state index contributed by atoms with van der Waals surface area (Å²) in [4.78, 5) is 18.1.